The molecule has 2 aromatic carbocycles. The Morgan fingerprint density at radius 2 is 1.44 bits per heavy atom. The molecule has 0 saturated carbocycles. The first kappa shape index (κ1) is 32.2. The molecule has 6 nitrogen and oxygen atoms in total. The zero-order valence-corrected chi connectivity index (χ0v) is 28.7. The van der Waals surface area contributed by atoms with E-state index in [-0.39, 0.29) is 6.04 Å². The first-order valence-electron chi connectivity index (χ1n) is 16.0. The molecule has 8 heteroatoms. The molecule has 2 aromatic rings. The van der Waals surface area contributed by atoms with Gasteiger partial charge in [-0.1, -0.05) is 51.2 Å². The fourth-order valence-corrected chi connectivity index (χ4v) is 9.20. The summed E-state index contributed by atoms with van der Waals surface area (Å²) in [6, 6.07) is 9.52. The molecule has 0 bridgehead atoms. The van der Waals surface area contributed by atoms with Crippen LogP contribution in [0.5, 0.6) is 23.0 Å². The van der Waals surface area contributed by atoms with E-state index in [1.54, 1.807) is 28.4 Å². The number of ether oxygens (including phenoxy) is 4. The molecule has 3 heterocycles. The largest absolute Gasteiger partial charge is 0.493 e. The van der Waals surface area contributed by atoms with Crippen LogP contribution in [0, 0.1) is 17.8 Å². The van der Waals surface area contributed by atoms with Crippen molar-refractivity contribution in [3.8, 4) is 23.0 Å². The van der Waals surface area contributed by atoms with E-state index < -0.39 is 0 Å². The highest BCUT2D eigenvalue weighted by Crippen LogP contribution is 2.50. The van der Waals surface area contributed by atoms with Crippen LogP contribution in [0.1, 0.15) is 80.8 Å². The van der Waals surface area contributed by atoms with E-state index in [2.05, 4.69) is 54.8 Å². The average molecular weight is 627 g/mol. The molecule has 3 aliphatic rings. The summed E-state index contributed by atoms with van der Waals surface area (Å²) in [5, 5.41) is 0. The topological polar surface area (TPSA) is 43.4 Å². The number of hydrogen-bond donors (Lipinski definition) is 0. The van der Waals surface area contributed by atoms with E-state index in [9.17, 15) is 0 Å². The Bertz CT molecular complexity index is 1280. The van der Waals surface area contributed by atoms with Crippen LogP contribution >= 0.6 is 24.0 Å². The number of thiocarbonyl (C=S) groups is 1. The van der Waals surface area contributed by atoms with Gasteiger partial charge in [-0.25, -0.2) is 0 Å². The molecule has 1 fully saturated rings. The van der Waals surface area contributed by atoms with E-state index in [0.717, 1.165) is 84.8 Å². The number of rotatable bonds is 9. The minimum Gasteiger partial charge on any atom is -0.493 e. The van der Waals surface area contributed by atoms with Gasteiger partial charge in [-0.2, -0.15) is 0 Å². The third kappa shape index (κ3) is 6.62. The summed E-state index contributed by atoms with van der Waals surface area (Å²) in [4.78, 5) is 5.33. The summed E-state index contributed by atoms with van der Waals surface area (Å²) in [5.74, 6) is 6.05. The van der Waals surface area contributed by atoms with Gasteiger partial charge in [0, 0.05) is 31.4 Å². The minimum absolute atomic E-state index is 0.221. The molecule has 43 heavy (non-hydrogen) atoms. The van der Waals surface area contributed by atoms with Crippen molar-refractivity contribution in [2.24, 2.45) is 17.8 Å². The molecular weight excluding hydrogens is 577 g/mol. The zero-order chi connectivity index (χ0) is 30.7. The second-order valence-corrected chi connectivity index (χ2v) is 14.4. The first-order chi connectivity index (χ1) is 20.8. The van der Waals surface area contributed by atoms with E-state index in [1.165, 1.54) is 28.7 Å². The van der Waals surface area contributed by atoms with Crippen molar-refractivity contribution in [3.05, 3.63) is 46.5 Å². The normalized spacial score (nSPS) is 23.6. The molecule has 0 aromatic heterocycles. The maximum Gasteiger partial charge on any atom is 0.161 e. The van der Waals surface area contributed by atoms with E-state index in [0.29, 0.717) is 23.8 Å². The predicted octanol–water partition coefficient (Wildman–Crippen LogP) is 7.72. The fourth-order valence-electron chi connectivity index (χ4n) is 7.61. The fraction of sp³-hybridized carbons (Fsp3) is 0.629. The minimum atomic E-state index is 0.221. The summed E-state index contributed by atoms with van der Waals surface area (Å²) in [7, 11) is 6.94. The maximum absolute atomic E-state index is 6.22. The van der Waals surface area contributed by atoms with Crippen molar-refractivity contribution >= 4 is 28.3 Å². The quantitative estimate of drug-likeness (QED) is 0.262. The number of methoxy groups -OCH3 is 4. The lowest BCUT2D eigenvalue weighted by Crippen LogP contribution is -2.44. The Labute approximate surface area is 268 Å². The van der Waals surface area contributed by atoms with Gasteiger partial charge < -0.3 is 23.8 Å². The molecule has 0 aliphatic carbocycles. The smallest absolute Gasteiger partial charge is 0.161 e. The lowest BCUT2D eigenvalue weighted by molar-refractivity contribution is 0.126. The Balaban J connectivity index is 1.52. The van der Waals surface area contributed by atoms with Crippen molar-refractivity contribution in [2.75, 3.05) is 53.8 Å². The predicted molar refractivity (Wildman–Crippen MR) is 181 cm³/mol. The van der Waals surface area contributed by atoms with Gasteiger partial charge >= 0.3 is 0 Å². The highest BCUT2D eigenvalue weighted by molar-refractivity contribution is 8.22. The lowest BCUT2D eigenvalue weighted by atomic mass is 9.75. The SMILES string of the molecule is CCC1CN2CCc3cc(OC)c(OC)cc3C2CCC1C1c2cc(OC)c(OC)cc2CCN1C(=S)SCCC(C)C. The van der Waals surface area contributed by atoms with Crippen molar-refractivity contribution in [1.29, 1.82) is 0 Å². The zero-order valence-electron chi connectivity index (χ0n) is 27.1. The van der Waals surface area contributed by atoms with Gasteiger partial charge in [0.15, 0.2) is 23.0 Å². The molecule has 4 unspecified atom stereocenters. The number of hydrogen-bond acceptors (Lipinski definition) is 7. The molecule has 5 rings (SSSR count). The summed E-state index contributed by atoms with van der Waals surface area (Å²) < 4.78 is 24.0. The Morgan fingerprint density at radius 3 is 2.05 bits per heavy atom. The van der Waals surface area contributed by atoms with Crippen molar-refractivity contribution < 1.29 is 18.9 Å². The second kappa shape index (κ2) is 14.3. The Hall–Kier alpha value is -2.16. The number of benzene rings is 2. The third-order valence-corrected chi connectivity index (χ3v) is 11.5. The van der Waals surface area contributed by atoms with Crippen molar-refractivity contribution in [3.63, 3.8) is 0 Å². The lowest BCUT2D eigenvalue weighted by Gasteiger charge is -2.45. The molecular formula is C35H50N2O4S2. The van der Waals surface area contributed by atoms with Gasteiger partial charge in [0.2, 0.25) is 0 Å². The molecule has 4 atom stereocenters. The summed E-state index contributed by atoms with van der Waals surface area (Å²) in [6.45, 7) is 10.1. The Kier molecular flexibility index (Phi) is 10.7. The van der Waals surface area contributed by atoms with E-state index in [1.807, 2.05) is 11.8 Å². The standard InChI is InChI=1S/C35H50N2O4S2/c1-8-23-21-36-14-11-24-17-30(38-4)32(40-6)19-27(24)29(36)10-9-26(23)34-28-20-33(41-7)31(39-5)18-25(28)12-15-37(34)35(42)43-16-13-22(2)3/h17-20,22-23,26,29,34H,8-16,21H2,1-7H3. The van der Waals surface area contributed by atoms with Gasteiger partial charge in [0.25, 0.3) is 0 Å². The van der Waals surface area contributed by atoms with Gasteiger partial charge in [0.05, 0.1) is 34.5 Å². The van der Waals surface area contributed by atoms with Crippen LogP contribution in [0.2, 0.25) is 0 Å². The molecule has 0 radical (unpaired) electrons. The van der Waals surface area contributed by atoms with Crippen LogP contribution in [0.4, 0.5) is 0 Å². The first-order valence-corrected chi connectivity index (χ1v) is 17.4. The van der Waals surface area contributed by atoms with Crippen LogP contribution in [0.15, 0.2) is 24.3 Å². The van der Waals surface area contributed by atoms with Crippen molar-refractivity contribution in [1.82, 2.24) is 9.80 Å². The third-order valence-electron chi connectivity index (χ3n) is 9.97. The number of thioether (sulfide) groups is 1. The van der Waals surface area contributed by atoms with E-state index >= 15 is 0 Å². The van der Waals surface area contributed by atoms with Gasteiger partial charge in [-0.3, -0.25) is 4.90 Å². The van der Waals surface area contributed by atoms with Crippen LogP contribution in [-0.4, -0.2) is 67.9 Å². The van der Waals surface area contributed by atoms with Crippen LogP contribution in [-0.2, 0) is 12.8 Å². The summed E-state index contributed by atoms with van der Waals surface area (Å²) >= 11 is 8.09. The number of nitrogens with zero attached hydrogens (tertiary/aromatic N) is 2. The summed E-state index contributed by atoms with van der Waals surface area (Å²) in [6.07, 6.45) is 6.58. The maximum atomic E-state index is 6.22. The molecule has 0 amide bonds. The van der Waals surface area contributed by atoms with Crippen LogP contribution < -0.4 is 18.9 Å². The molecule has 0 N–H and O–H groups in total. The van der Waals surface area contributed by atoms with Gasteiger partial charge in [-0.15, -0.1) is 0 Å². The van der Waals surface area contributed by atoms with E-state index in [4.69, 9.17) is 31.2 Å². The molecule has 236 valence electrons. The molecule has 3 aliphatic heterocycles. The molecule has 0 spiro atoms. The van der Waals surface area contributed by atoms with Crippen molar-refractivity contribution in [2.45, 2.75) is 71.4 Å². The van der Waals surface area contributed by atoms with Gasteiger partial charge in [0.1, 0.15) is 4.32 Å². The second-order valence-electron chi connectivity index (χ2n) is 12.7. The highest BCUT2D eigenvalue weighted by atomic mass is 32.2. The highest BCUT2D eigenvalue weighted by Gasteiger charge is 2.43. The average Bonchev–Trinajstić information content (AvgIpc) is 3.21. The van der Waals surface area contributed by atoms with Crippen LogP contribution in [0.3, 0.4) is 0 Å². The van der Waals surface area contributed by atoms with Gasteiger partial charge in [-0.05, 0) is 96.4 Å². The van der Waals surface area contributed by atoms with Crippen LogP contribution in [0.25, 0.3) is 0 Å². The molecule has 1 saturated heterocycles. The summed E-state index contributed by atoms with van der Waals surface area (Å²) in [5.41, 5.74) is 5.54. The Morgan fingerprint density at radius 1 is 0.860 bits per heavy atom. The number of fused-ring (bicyclic) bond motifs is 4. The monoisotopic (exact) mass is 626 g/mol.